The lowest BCUT2D eigenvalue weighted by Crippen LogP contribution is -2.42. The molecular weight excluding hydrogens is 471 g/mol. The molecule has 33 heavy (non-hydrogen) atoms. The summed E-state index contributed by atoms with van der Waals surface area (Å²) in [6.07, 6.45) is -14.1. The molecule has 178 valence electrons. The third-order valence-corrected chi connectivity index (χ3v) is 4.62. The number of hydroxylamine groups is 1. The second-order valence-electron chi connectivity index (χ2n) is 6.95. The summed E-state index contributed by atoms with van der Waals surface area (Å²) in [5.74, 6) is -1.06. The molecule has 0 radical (unpaired) electrons. The molecule has 0 fully saturated rings. The minimum atomic E-state index is -5.16. The van der Waals surface area contributed by atoms with E-state index in [1.54, 1.807) is 5.32 Å². The van der Waals surface area contributed by atoms with Crippen LogP contribution in [0, 0.1) is 0 Å². The summed E-state index contributed by atoms with van der Waals surface area (Å²) in [5, 5.41) is 1.64. The molecule has 0 saturated carbocycles. The van der Waals surface area contributed by atoms with E-state index in [-0.39, 0.29) is 16.8 Å². The Morgan fingerprint density at radius 2 is 1.58 bits per heavy atom. The van der Waals surface area contributed by atoms with Gasteiger partial charge in [0.2, 0.25) is 5.60 Å². The van der Waals surface area contributed by atoms with Gasteiger partial charge >= 0.3 is 18.5 Å². The molecule has 4 nitrogen and oxygen atoms in total. The summed E-state index contributed by atoms with van der Waals surface area (Å²) in [4.78, 5) is 16.5. The molecule has 0 saturated heterocycles. The molecule has 1 atom stereocenters. The van der Waals surface area contributed by atoms with Crippen LogP contribution < -0.4 is 10.8 Å². The summed E-state index contributed by atoms with van der Waals surface area (Å²) >= 11 is 0. The van der Waals surface area contributed by atoms with Gasteiger partial charge in [0.25, 0.3) is 5.91 Å². The predicted octanol–water partition coefficient (Wildman–Crippen LogP) is 5.33. The van der Waals surface area contributed by atoms with Gasteiger partial charge in [-0.15, -0.1) is 0 Å². The highest BCUT2D eigenvalue weighted by molar-refractivity contribution is 5.94. The average Bonchev–Trinajstić information content (AvgIpc) is 3.18. The fourth-order valence-corrected chi connectivity index (χ4v) is 3.00. The van der Waals surface area contributed by atoms with Crippen molar-refractivity contribution in [3.8, 4) is 0 Å². The zero-order valence-electron chi connectivity index (χ0n) is 16.1. The summed E-state index contributed by atoms with van der Waals surface area (Å²) < 4.78 is 117. The highest BCUT2D eigenvalue weighted by Gasteiger charge is 2.59. The molecular formula is C20H13F9N2O2. The van der Waals surface area contributed by atoms with Crippen LogP contribution >= 0.6 is 0 Å². The highest BCUT2D eigenvalue weighted by atomic mass is 19.4. The monoisotopic (exact) mass is 484 g/mol. The van der Waals surface area contributed by atoms with Gasteiger partial charge in [-0.25, -0.2) is 0 Å². The van der Waals surface area contributed by atoms with Gasteiger partial charge in [0.1, 0.15) is 6.54 Å². The van der Waals surface area contributed by atoms with E-state index in [0.717, 1.165) is 36.4 Å². The molecule has 0 aromatic heterocycles. The van der Waals surface area contributed by atoms with Crippen LogP contribution in [0.15, 0.2) is 54.6 Å². The van der Waals surface area contributed by atoms with Gasteiger partial charge in [-0.05, 0) is 35.9 Å². The Morgan fingerprint density at radius 1 is 0.939 bits per heavy atom. The third-order valence-electron chi connectivity index (χ3n) is 4.62. The minimum Gasteiger partial charge on any atom is -0.343 e. The molecule has 0 aliphatic carbocycles. The van der Waals surface area contributed by atoms with Crippen LogP contribution in [0.1, 0.15) is 27.0 Å². The summed E-state index contributed by atoms with van der Waals surface area (Å²) in [7, 11) is 0. The molecule has 2 aromatic rings. The van der Waals surface area contributed by atoms with Crippen molar-refractivity contribution in [2.45, 2.75) is 24.1 Å². The Morgan fingerprint density at radius 3 is 2.12 bits per heavy atom. The standard InChI is InChI=1S/C20H13F9N2O2/c21-18(22,23)10-30-16(32)12-6-4-11(5-7-12)15-9-17(33-31-15,20(27,28)29)13-2-1-3-14(8-13)19(24,25)26/h1-9,31H,10H2,(H,30,32). The fourth-order valence-electron chi connectivity index (χ4n) is 3.00. The second kappa shape index (κ2) is 8.28. The summed E-state index contributed by atoms with van der Waals surface area (Å²) in [6, 6.07) is 7.01. The van der Waals surface area contributed by atoms with Crippen molar-refractivity contribution in [1.82, 2.24) is 10.8 Å². The van der Waals surface area contributed by atoms with Crippen LogP contribution in [0.3, 0.4) is 0 Å². The van der Waals surface area contributed by atoms with Gasteiger partial charge in [0.15, 0.2) is 0 Å². The van der Waals surface area contributed by atoms with Crippen molar-refractivity contribution in [3.05, 3.63) is 76.9 Å². The number of rotatable bonds is 4. The number of hydrogen-bond acceptors (Lipinski definition) is 3. The van der Waals surface area contributed by atoms with E-state index < -0.39 is 47.7 Å². The number of carbonyl (C=O) groups excluding carboxylic acids is 1. The van der Waals surface area contributed by atoms with Crippen LogP contribution in [0.2, 0.25) is 0 Å². The van der Waals surface area contributed by atoms with Gasteiger partial charge in [-0.1, -0.05) is 24.3 Å². The van der Waals surface area contributed by atoms with Crippen LogP contribution in [0.4, 0.5) is 39.5 Å². The summed E-state index contributed by atoms with van der Waals surface area (Å²) in [6.45, 7) is -1.57. The molecule has 2 N–H and O–H groups in total. The van der Waals surface area contributed by atoms with E-state index in [1.807, 2.05) is 5.48 Å². The van der Waals surface area contributed by atoms with E-state index in [0.29, 0.717) is 18.2 Å². The zero-order chi connectivity index (χ0) is 24.7. The predicted molar refractivity (Wildman–Crippen MR) is 96.2 cm³/mol. The first-order valence-corrected chi connectivity index (χ1v) is 8.99. The van der Waals surface area contributed by atoms with Gasteiger partial charge in [0.05, 0.1) is 11.3 Å². The second-order valence-corrected chi connectivity index (χ2v) is 6.95. The average molecular weight is 484 g/mol. The third kappa shape index (κ3) is 5.24. The first kappa shape index (κ1) is 24.4. The molecule has 1 aliphatic heterocycles. The highest BCUT2D eigenvalue weighted by Crippen LogP contribution is 2.48. The lowest BCUT2D eigenvalue weighted by Gasteiger charge is -2.29. The first-order valence-electron chi connectivity index (χ1n) is 8.99. The van der Waals surface area contributed by atoms with Gasteiger partial charge in [-0.3, -0.25) is 15.1 Å². The van der Waals surface area contributed by atoms with E-state index >= 15 is 0 Å². The Balaban J connectivity index is 1.92. The smallest absolute Gasteiger partial charge is 0.343 e. The SMILES string of the molecule is O=C(NCC(F)(F)F)c1ccc(C2=CC(c3cccc(C(F)(F)F)c3)(C(F)(F)F)ON2)cc1. The van der Waals surface area contributed by atoms with E-state index in [1.165, 1.54) is 0 Å². The molecule has 2 aromatic carbocycles. The van der Waals surface area contributed by atoms with Crippen LogP contribution in [0.5, 0.6) is 0 Å². The van der Waals surface area contributed by atoms with E-state index in [9.17, 15) is 44.3 Å². The van der Waals surface area contributed by atoms with Crippen molar-refractivity contribution >= 4 is 11.6 Å². The largest absolute Gasteiger partial charge is 0.428 e. The minimum absolute atomic E-state index is 0.0421. The van der Waals surface area contributed by atoms with Crippen molar-refractivity contribution in [2.75, 3.05) is 6.54 Å². The van der Waals surface area contributed by atoms with Crippen molar-refractivity contribution in [3.63, 3.8) is 0 Å². The van der Waals surface area contributed by atoms with E-state index in [4.69, 9.17) is 4.84 Å². The molecule has 1 heterocycles. The molecule has 0 spiro atoms. The van der Waals surface area contributed by atoms with Crippen molar-refractivity contribution < 1.29 is 49.1 Å². The Bertz CT molecular complexity index is 1060. The maximum atomic E-state index is 13.9. The quantitative estimate of drug-likeness (QED) is 0.577. The van der Waals surface area contributed by atoms with Crippen LogP contribution in [-0.4, -0.2) is 24.8 Å². The van der Waals surface area contributed by atoms with Gasteiger partial charge in [-0.2, -0.15) is 39.5 Å². The Kier molecular flexibility index (Phi) is 6.13. The number of halogens is 9. The molecule has 1 aliphatic rings. The number of amides is 1. The number of alkyl halides is 9. The number of carbonyl (C=O) groups is 1. The maximum absolute atomic E-state index is 13.9. The van der Waals surface area contributed by atoms with E-state index in [2.05, 4.69) is 0 Å². The molecule has 1 unspecified atom stereocenters. The van der Waals surface area contributed by atoms with Crippen molar-refractivity contribution in [2.24, 2.45) is 0 Å². The van der Waals surface area contributed by atoms with Gasteiger partial charge in [0, 0.05) is 11.1 Å². The van der Waals surface area contributed by atoms with Gasteiger partial charge < -0.3 is 5.32 Å². The Labute approximate surface area is 180 Å². The molecule has 0 bridgehead atoms. The first-order chi connectivity index (χ1) is 15.1. The fraction of sp³-hybridized carbons (Fsp3) is 0.250. The van der Waals surface area contributed by atoms with Crippen LogP contribution in [0.25, 0.3) is 5.70 Å². The normalized spacial score (nSPS) is 19.1. The maximum Gasteiger partial charge on any atom is 0.428 e. The number of benzene rings is 2. The Hall–Kier alpha value is -3.22. The zero-order valence-corrected chi connectivity index (χ0v) is 16.1. The topological polar surface area (TPSA) is 50.4 Å². The molecule has 1 amide bonds. The number of hydrogen-bond donors (Lipinski definition) is 2. The van der Waals surface area contributed by atoms with Crippen molar-refractivity contribution in [1.29, 1.82) is 0 Å². The van der Waals surface area contributed by atoms with Crippen LogP contribution in [-0.2, 0) is 16.6 Å². The lowest BCUT2D eigenvalue weighted by atomic mass is 9.90. The summed E-state index contributed by atoms with van der Waals surface area (Å²) in [5.41, 5.74) is -3.76. The molecule has 3 rings (SSSR count). The lowest BCUT2D eigenvalue weighted by molar-refractivity contribution is -0.269. The number of nitrogens with one attached hydrogen (secondary N) is 2. The molecule has 13 heteroatoms.